The number of aromatic carboxylic acids is 1. The van der Waals surface area contributed by atoms with Crippen LogP contribution in [0.5, 0.6) is 5.75 Å². The quantitative estimate of drug-likeness (QED) is 0.646. The maximum Gasteiger partial charge on any atom is 0.410 e. The average molecular weight is 422 g/mol. The number of piperidine rings is 1. The van der Waals surface area contributed by atoms with Crippen LogP contribution in [0.15, 0.2) is 18.2 Å². The number of benzene rings is 1. The molecule has 1 aliphatic carbocycles. The second-order valence-corrected chi connectivity index (χ2v) is 9.68. The third-order valence-corrected chi connectivity index (χ3v) is 6.12. The third-order valence-electron chi connectivity index (χ3n) is 6.12. The molecule has 6 nitrogen and oxygen atoms in total. The van der Waals surface area contributed by atoms with Crippen molar-refractivity contribution in [2.75, 3.05) is 19.7 Å². The van der Waals surface area contributed by atoms with E-state index in [2.05, 4.69) is 0 Å². The predicted molar refractivity (Wildman–Crippen MR) is 110 cm³/mol. The van der Waals surface area contributed by atoms with Gasteiger partial charge in [-0.25, -0.2) is 14.0 Å². The van der Waals surface area contributed by atoms with Gasteiger partial charge in [0.2, 0.25) is 0 Å². The van der Waals surface area contributed by atoms with Gasteiger partial charge in [0.05, 0.1) is 12.2 Å². The summed E-state index contributed by atoms with van der Waals surface area (Å²) in [6.07, 6.45) is 6.19. The first-order valence-electron chi connectivity index (χ1n) is 10.7. The fourth-order valence-corrected chi connectivity index (χ4v) is 4.59. The van der Waals surface area contributed by atoms with Crippen molar-refractivity contribution in [2.45, 2.75) is 64.9 Å². The fourth-order valence-electron chi connectivity index (χ4n) is 4.59. The summed E-state index contributed by atoms with van der Waals surface area (Å²) in [4.78, 5) is 24.9. The highest BCUT2D eigenvalue weighted by atomic mass is 19.1. The summed E-state index contributed by atoms with van der Waals surface area (Å²) in [7, 11) is 0. The molecule has 1 spiro atoms. The molecule has 2 fully saturated rings. The molecule has 7 heteroatoms. The van der Waals surface area contributed by atoms with E-state index in [4.69, 9.17) is 14.6 Å². The van der Waals surface area contributed by atoms with E-state index < -0.39 is 17.4 Å². The van der Waals surface area contributed by atoms with Crippen LogP contribution in [0.25, 0.3) is 0 Å². The van der Waals surface area contributed by atoms with E-state index in [1.54, 1.807) is 0 Å². The molecule has 2 aliphatic rings. The number of rotatable bonds is 6. The summed E-state index contributed by atoms with van der Waals surface area (Å²) in [6.45, 7) is 7.68. The summed E-state index contributed by atoms with van der Waals surface area (Å²) in [6, 6.07) is 3.84. The molecule has 0 bridgehead atoms. The summed E-state index contributed by atoms with van der Waals surface area (Å²) in [5.41, 5.74) is -0.431. The minimum atomic E-state index is -1.28. The topological polar surface area (TPSA) is 76.1 Å². The first-order chi connectivity index (χ1) is 14.1. The van der Waals surface area contributed by atoms with Gasteiger partial charge in [0.25, 0.3) is 0 Å². The van der Waals surface area contributed by atoms with E-state index >= 15 is 0 Å². The lowest BCUT2D eigenvalue weighted by Crippen LogP contribution is -2.49. The Morgan fingerprint density at radius 1 is 1.23 bits per heavy atom. The highest BCUT2D eigenvalue weighted by molar-refractivity contribution is 5.88. The Labute approximate surface area is 177 Å². The molecular formula is C23H32FNO5. The fraction of sp³-hybridized carbons (Fsp3) is 0.652. The Morgan fingerprint density at radius 2 is 1.90 bits per heavy atom. The van der Waals surface area contributed by atoms with Gasteiger partial charge in [-0.1, -0.05) is 0 Å². The van der Waals surface area contributed by atoms with Crippen LogP contribution in [0.2, 0.25) is 0 Å². The lowest BCUT2D eigenvalue weighted by Gasteiger charge is -2.52. The van der Waals surface area contributed by atoms with Crippen molar-refractivity contribution in [3.8, 4) is 5.75 Å². The van der Waals surface area contributed by atoms with E-state index in [0.717, 1.165) is 44.8 Å². The molecule has 1 saturated heterocycles. The number of likely N-dealkylation sites (tertiary alicyclic amines) is 1. The number of hydrogen-bond donors (Lipinski definition) is 1. The van der Waals surface area contributed by atoms with E-state index in [0.29, 0.717) is 23.7 Å². The monoisotopic (exact) mass is 421 g/mol. The number of carboxylic acid groups (broad SMARTS) is 1. The lowest BCUT2D eigenvalue weighted by atomic mass is 9.56. The Bertz CT molecular complexity index is 772. The van der Waals surface area contributed by atoms with E-state index in [-0.39, 0.29) is 11.7 Å². The highest BCUT2D eigenvalue weighted by Gasteiger charge is 2.46. The first-order valence-corrected chi connectivity index (χ1v) is 10.7. The number of hydrogen-bond acceptors (Lipinski definition) is 4. The van der Waals surface area contributed by atoms with Gasteiger partial charge < -0.3 is 19.5 Å². The highest BCUT2D eigenvalue weighted by Crippen LogP contribution is 2.54. The Hall–Kier alpha value is -2.31. The standard InChI is InChI=1S/C23H32FNO5/c1-22(2,3)30-21(28)25-10-8-23(9-11-25)14-16(15-23)5-4-12-29-17-6-7-18(20(26)27)19(24)13-17/h6-7,13,16H,4-5,8-12,14-15H2,1-3H3,(H,26,27). The molecule has 1 aliphatic heterocycles. The molecule has 0 atom stereocenters. The van der Waals surface area contributed by atoms with Gasteiger partial charge in [0.15, 0.2) is 0 Å². The van der Waals surface area contributed by atoms with Crippen molar-refractivity contribution in [3.63, 3.8) is 0 Å². The lowest BCUT2D eigenvalue weighted by molar-refractivity contribution is -0.0301. The number of nitrogens with zero attached hydrogens (tertiary/aromatic N) is 1. The summed E-state index contributed by atoms with van der Waals surface area (Å²) >= 11 is 0. The van der Waals surface area contributed by atoms with Crippen LogP contribution in [0.4, 0.5) is 9.18 Å². The number of carbonyl (C=O) groups is 2. The van der Waals surface area contributed by atoms with Crippen molar-refractivity contribution in [3.05, 3.63) is 29.6 Å². The number of carboxylic acids is 1. The first kappa shape index (κ1) is 22.4. The molecule has 30 heavy (non-hydrogen) atoms. The van der Waals surface area contributed by atoms with Crippen molar-refractivity contribution in [2.24, 2.45) is 11.3 Å². The van der Waals surface area contributed by atoms with Gasteiger partial charge >= 0.3 is 12.1 Å². The van der Waals surface area contributed by atoms with Gasteiger partial charge in [0.1, 0.15) is 17.2 Å². The normalized spacial score (nSPS) is 18.7. The van der Waals surface area contributed by atoms with Gasteiger partial charge in [-0.3, -0.25) is 0 Å². The molecule has 1 aromatic rings. The molecule has 1 N–H and O–H groups in total. The molecular weight excluding hydrogens is 389 g/mol. The molecule has 1 aromatic carbocycles. The molecule has 1 saturated carbocycles. The summed E-state index contributed by atoms with van der Waals surface area (Å²) in [5, 5.41) is 8.85. The minimum absolute atomic E-state index is 0.210. The molecule has 0 unspecified atom stereocenters. The van der Waals surface area contributed by atoms with Crippen LogP contribution < -0.4 is 4.74 Å². The van der Waals surface area contributed by atoms with Crippen LogP contribution >= 0.6 is 0 Å². The smallest absolute Gasteiger partial charge is 0.410 e. The molecule has 1 heterocycles. The molecule has 1 amide bonds. The van der Waals surface area contributed by atoms with Crippen LogP contribution in [-0.2, 0) is 4.74 Å². The minimum Gasteiger partial charge on any atom is -0.493 e. The van der Waals surface area contributed by atoms with Crippen LogP contribution in [0, 0.1) is 17.2 Å². The van der Waals surface area contributed by atoms with Crippen molar-refractivity contribution in [1.82, 2.24) is 4.90 Å². The van der Waals surface area contributed by atoms with E-state index in [1.165, 1.54) is 25.0 Å². The van der Waals surface area contributed by atoms with Crippen LogP contribution in [0.1, 0.15) is 69.7 Å². The van der Waals surface area contributed by atoms with Crippen LogP contribution in [-0.4, -0.2) is 47.4 Å². The molecule has 3 rings (SSSR count). The number of ether oxygens (including phenoxy) is 2. The van der Waals surface area contributed by atoms with E-state index in [9.17, 15) is 14.0 Å². The van der Waals surface area contributed by atoms with E-state index in [1.807, 2.05) is 25.7 Å². The summed E-state index contributed by atoms with van der Waals surface area (Å²) < 4.78 is 24.7. The second-order valence-electron chi connectivity index (χ2n) is 9.68. The Balaban J connectivity index is 1.33. The van der Waals surface area contributed by atoms with Crippen molar-refractivity contribution >= 4 is 12.1 Å². The zero-order valence-corrected chi connectivity index (χ0v) is 18.1. The number of amides is 1. The maximum absolute atomic E-state index is 13.7. The van der Waals surface area contributed by atoms with Gasteiger partial charge in [-0.05, 0) is 82.8 Å². The number of halogens is 1. The van der Waals surface area contributed by atoms with Gasteiger partial charge in [0, 0.05) is 19.2 Å². The summed E-state index contributed by atoms with van der Waals surface area (Å²) in [5.74, 6) is -1.03. The molecule has 0 aromatic heterocycles. The SMILES string of the molecule is CC(C)(C)OC(=O)N1CCC2(CC1)CC(CCCOc1ccc(C(=O)O)c(F)c1)C2. The Kier molecular flexibility index (Phi) is 6.58. The van der Waals surface area contributed by atoms with Crippen molar-refractivity contribution < 1.29 is 28.6 Å². The largest absolute Gasteiger partial charge is 0.493 e. The predicted octanol–water partition coefficient (Wildman–Crippen LogP) is 5.11. The maximum atomic E-state index is 13.7. The van der Waals surface area contributed by atoms with Gasteiger partial charge in [-0.2, -0.15) is 0 Å². The third kappa shape index (κ3) is 5.64. The number of carbonyl (C=O) groups excluding carboxylic acids is 1. The van der Waals surface area contributed by atoms with Crippen molar-refractivity contribution in [1.29, 1.82) is 0 Å². The second kappa shape index (κ2) is 8.82. The Morgan fingerprint density at radius 3 is 2.47 bits per heavy atom. The molecule has 0 radical (unpaired) electrons. The zero-order chi connectivity index (χ0) is 21.9. The average Bonchev–Trinajstić information content (AvgIpc) is 2.62. The van der Waals surface area contributed by atoms with Gasteiger partial charge in [-0.15, -0.1) is 0 Å². The van der Waals surface area contributed by atoms with Crippen LogP contribution in [0.3, 0.4) is 0 Å². The molecule has 166 valence electrons. The zero-order valence-electron chi connectivity index (χ0n) is 18.1.